The summed E-state index contributed by atoms with van der Waals surface area (Å²) in [5.74, 6) is 3.09. The molecular weight excluding hydrogens is 212 g/mol. The molecular formula is C12H17ClO2. The maximum atomic E-state index is 11.2. The standard InChI is InChI=1S/C12H17ClO2/c13-6-11(14)15-10-4-3-9-7-1-2-8(5-7)12(9)10/h7-10,12H,1-6H2/t7-,8-,9+,10-,12-/m0/s1. The Hall–Kier alpha value is -0.240. The van der Waals surface area contributed by atoms with Gasteiger partial charge < -0.3 is 4.74 Å². The van der Waals surface area contributed by atoms with Gasteiger partial charge in [-0.05, 0) is 49.9 Å². The summed E-state index contributed by atoms with van der Waals surface area (Å²) in [4.78, 5) is 11.2. The molecule has 2 nitrogen and oxygen atoms in total. The zero-order chi connectivity index (χ0) is 10.4. The molecule has 3 rings (SSSR count). The second-order valence-electron chi connectivity index (χ2n) is 5.31. The molecule has 0 saturated heterocycles. The zero-order valence-electron chi connectivity index (χ0n) is 8.82. The van der Waals surface area contributed by atoms with Gasteiger partial charge >= 0.3 is 5.97 Å². The topological polar surface area (TPSA) is 26.3 Å². The van der Waals surface area contributed by atoms with E-state index in [0.29, 0.717) is 5.92 Å². The van der Waals surface area contributed by atoms with Gasteiger partial charge in [-0.25, -0.2) is 0 Å². The molecule has 3 aliphatic carbocycles. The van der Waals surface area contributed by atoms with E-state index in [-0.39, 0.29) is 18.0 Å². The summed E-state index contributed by atoms with van der Waals surface area (Å²) in [5, 5.41) is 0. The molecule has 5 atom stereocenters. The van der Waals surface area contributed by atoms with Crippen LogP contribution in [0.5, 0.6) is 0 Å². The second kappa shape index (κ2) is 3.65. The maximum absolute atomic E-state index is 11.2. The van der Waals surface area contributed by atoms with Gasteiger partial charge in [-0.3, -0.25) is 4.79 Å². The average molecular weight is 229 g/mol. The molecule has 84 valence electrons. The predicted molar refractivity (Wildman–Crippen MR) is 57.6 cm³/mol. The van der Waals surface area contributed by atoms with Crippen molar-refractivity contribution in [1.29, 1.82) is 0 Å². The molecule has 0 aromatic heterocycles. The number of hydrogen-bond donors (Lipinski definition) is 0. The Kier molecular flexibility index (Phi) is 2.42. The number of rotatable bonds is 2. The predicted octanol–water partition coefficient (Wildman–Crippen LogP) is 2.59. The van der Waals surface area contributed by atoms with E-state index in [4.69, 9.17) is 16.3 Å². The average Bonchev–Trinajstić information content (AvgIpc) is 2.89. The Labute approximate surface area is 95.3 Å². The lowest BCUT2D eigenvalue weighted by Crippen LogP contribution is -2.29. The van der Waals surface area contributed by atoms with E-state index >= 15 is 0 Å². The van der Waals surface area contributed by atoms with Crippen molar-refractivity contribution in [2.75, 3.05) is 5.88 Å². The summed E-state index contributed by atoms with van der Waals surface area (Å²) in [6, 6.07) is 0. The first-order valence-electron chi connectivity index (χ1n) is 6.05. The van der Waals surface area contributed by atoms with Crippen LogP contribution >= 0.6 is 11.6 Å². The number of hydrogen-bond acceptors (Lipinski definition) is 2. The van der Waals surface area contributed by atoms with Gasteiger partial charge in [-0.15, -0.1) is 11.6 Å². The molecule has 3 fully saturated rings. The lowest BCUT2D eigenvalue weighted by atomic mass is 9.81. The number of halogens is 1. The van der Waals surface area contributed by atoms with E-state index in [1.165, 1.54) is 25.7 Å². The van der Waals surface area contributed by atoms with Crippen LogP contribution < -0.4 is 0 Å². The third kappa shape index (κ3) is 1.49. The van der Waals surface area contributed by atoms with Crippen molar-refractivity contribution in [1.82, 2.24) is 0 Å². The van der Waals surface area contributed by atoms with Gasteiger partial charge in [0.15, 0.2) is 0 Å². The minimum Gasteiger partial charge on any atom is -0.461 e. The molecule has 0 aromatic carbocycles. The first kappa shape index (κ1) is 9.95. The second-order valence-corrected chi connectivity index (χ2v) is 5.58. The lowest BCUT2D eigenvalue weighted by molar-refractivity contribution is -0.148. The van der Waals surface area contributed by atoms with Crippen molar-refractivity contribution in [3.63, 3.8) is 0 Å². The number of fused-ring (bicyclic) bond motifs is 5. The first-order chi connectivity index (χ1) is 7.29. The highest BCUT2D eigenvalue weighted by molar-refractivity contribution is 6.26. The SMILES string of the molecule is O=C(CCl)O[C@H]1CC[C@@H]2[C@H]3CC[C@@H](C3)[C@@H]21. The van der Waals surface area contributed by atoms with E-state index in [9.17, 15) is 4.79 Å². The third-order valence-electron chi connectivity index (χ3n) is 4.76. The fourth-order valence-electron chi connectivity index (χ4n) is 4.35. The van der Waals surface area contributed by atoms with Gasteiger partial charge in [-0.2, -0.15) is 0 Å². The molecule has 3 aliphatic rings. The Morgan fingerprint density at radius 3 is 2.80 bits per heavy atom. The molecule has 2 bridgehead atoms. The fraction of sp³-hybridized carbons (Fsp3) is 0.917. The molecule has 15 heavy (non-hydrogen) atoms. The van der Waals surface area contributed by atoms with Crippen molar-refractivity contribution >= 4 is 17.6 Å². The van der Waals surface area contributed by atoms with Crippen molar-refractivity contribution in [3.05, 3.63) is 0 Å². The van der Waals surface area contributed by atoms with Crippen LogP contribution in [0, 0.1) is 23.7 Å². The van der Waals surface area contributed by atoms with E-state index in [2.05, 4.69) is 0 Å². The number of alkyl halides is 1. The normalized spacial score (nSPS) is 46.9. The first-order valence-corrected chi connectivity index (χ1v) is 6.58. The third-order valence-corrected chi connectivity index (χ3v) is 4.98. The molecule has 0 amide bonds. The quantitative estimate of drug-likeness (QED) is 0.537. The Morgan fingerprint density at radius 1 is 1.20 bits per heavy atom. The van der Waals surface area contributed by atoms with Crippen LogP contribution in [0.4, 0.5) is 0 Å². The van der Waals surface area contributed by atoms with Gasteiger partial charge in [0, 0.05) is 5.92 Å². The molecule has 0 aliphatic heterocycles. The summed E-state index contributed by atoms with van der Waals surface area (Å²) >= 11 is 5.48. The van der Waals surface area contributed by atoms with Crippen molar-refractivity contribution in [3.8, 4) is 0 Å². The van der Waals surface area contributed by atoms with E-state index in [1.54, 1.807) is 0 Å². The Morgan fingerprint density at radius 2 is 2.00 bits per heavy atom. The van der Waals surface area contributed by atoms with Crippen molar-refractivity contribution < 1.29 is 9.53 Å². The molecule has 3 heteroatoms. The largest absolute Gasteiger partial charge is 0.461 e. The lowest BCUT2D eigenvalue weighted by Gasteiger charge is -2.28. The fourth-order valence-corrected chi connectivity index (χ4v) is 4.41. The van der Waals surface area contributed by atoms with Crippen LogP contribution in [0.1, 0.15) is 32.1 Å². The minimum atomic E-state index is -0.231. The molecule has 0 heterocycles. The highest BCUT2D eigenvalue weighted by atomic mass is 35.5. The molecule has 0 spiro atoms. The van der Waals surface area contributed by atoms with E-state index in [0.717, 1.165) is 24.2 Å². The number of ether oxygens (including phenoxy) is 1. The molecule has 0 radical (unpaired) electrons. The summed E-state index contributed by atoms with van der Waals surface area (Å²) in [7, 11) is 0. The van der Waals surface area contributed by atoms with E-state index in [1.807, 2.05) is 0 Å². The van der Waals surface area contributed by atoms with Gasteiger partial charge in [0.2, 0.25) is 0 Å². The number of carbonyl (C=O) groups is 1. The maximum Gasteiger partial charge on any atom is 0.321 e. The molecule has 0 unspecified atom stereocenters. The van der Waals surface area contributed by atoms with E-state index < -0.39 is 0 Å². The van der Waals surface area contributed by atoms with Gasteiger partial charge in [0.05, 0.1) is 0 Å². The highest BCUT2D eigenvalue weighted by Crippen LogP contribution is 2.59. The summed E-state index contributed by atoms with van der Waals surface area (Å²) in [5.41, 5.74) is 0. The van der Waals surface area contributed by atoms with Crippen LogP contribution in [-0.4, -0.2) is 18.0 Å². The van der Waals surface area contributed by atoms with Gasteiger partial charge in [0.25, 0.3) is 0 Å². The van der Waals surface area contributed by atoms with Crippen molar-refractivity contribution in [2.45, 2.75) is 38.2 Å². The Bertz CT molecular complexity index is 279. The highest BCUT2D eigenvalue weighted by Gasteiger charge is 2.54. The van der Waals surface area contributed by atoms with Crippen molar-refractivity contribution in [2.24, 2.45) is 23.7 Å². The van der Waals surface area contributed by atoms with Gasteiger partial charge in [0.1, 0.15) is 12.0 Å². The smallest absolute Gasteiger partial charge is 0.321 e. The summed E-state index contributed by atoms with van der Waals surface area (Å²) < 4.78 is 5.46. The number of carbonyl (C=O) groups excluding carboxylic acids is 1. The Balaban J connectivity index is 1.70. The van der Waals surface area contributed by atoms with Crippen LogP contribution in [0.25, 0.3) is 0 Å². The summed E-state index contributed by atoms with van der Waals surface area (Å²) in [6.45, 7) is 0. The van der Waals surface area contributed by atoms with Crippen LogP contribution in [0.2, 0.25) is 0 Å². The summed E-state index contributed by atoms with van der Waals surface area (Å²) in [6.07, 6.45) is 6.71. The molecule has 0 aromatic rings. The molecule has 3 saturated carbocycles. The molecule has 0 N–H and O–H groups in total. The van der Waals surface area contributed by atoms with Crippen LogP contribution in [-0.2, 0) is 9.53 Å². The zero-order valence-corrected chi connectivity index (χ0v) is 9.58. The van der Waals surface area contributed by atoms with Crippen LogP contribution in [0.15, 0.2) is 0 Å². The monoisotopic (exact) mass is 228 g/mol. The van der Waals surface area contributed by atoms with Crippen LogP contribution in [0.3, 0.4) is 0 Å². The van der Waals surface area contributed by atoms with Gasteiger partial charge in [-0.1, -0.05) is 0 Å². The number of esters is 1. The minimum absolute atomic E-state index is 0.00197.